The summed E-state index contributed by atoms with van der Waals surface area (Å²) in [6, 6.07) is 3.77. The van der Waals surface area contributed by atoms with E-state index in [2.05, 4.69) is 27.5 Å². The van der Waals surface area contributed by atoms with Gasteiger partial charge in [0, 0.05) is 31.0 Å². The summed E-state index contributed by atoms with van der Waals surface area (Å²) in [6.45, 7) is 4.50. The molecule has 0 unspecified atom stereocenters. The second-order valence-corrected chi connectivity index (χ2v) is 5.30. The van der Waals surface area contributed by atoms with Crippen LogP contribution in [-0.2, 0) is 0 Å². The molecule has 0 fully saturated rings. The zero-order valence-electron chi connectivity index (χ0n) is 12.2. The zero-order chi connectivity index (χ0) is 14.2. The third-order valence-electron chi connectivity index (χ3n) is 2.67. The number of rotatable bonds is 7. The lowest BCUT2D eigenvalue weighted by molar-refractivity contribution is 0.0958. The molecule has 2 N–H and O–H groups in total. The molecule has 0 spiro atoms. The standard InChI is InChI=1S/C14H18N4OS.2ClH/c1-2-5-15-8-9-17-13(19)12-10-18-14(20-12)11-3-6-16-7-4-11;;/h3-4,6-7,10,15H,2,5,8-9H2,1H3,(H,17,19);2*1H. The SMILES string of the molecule is CCCNCCNC(=O)c1cnc(-c2ccncc2)s1.Cl.Cl. The number of thiazole rings is 1. The topological polar surface area (TPSA) is 66.9 Å². The van der Waals surface area contributed by atoms with E-state index in [1.165, 1.54) is 11.3 Å². The summed E-state index contributed by atoms with van der Waals surface area (Å²) in [5.41, 5.74) is 0.980. The van der Waals surface area contributed by atoms with Crippen molar-refractivity contribution in [3.05, 3.63) is 35.6 Å². The van der Waals surface area contributed by atoms with Gasteiger partial charge < -0.3 is 10.6 Å². The van der Waals surface area contributed by atoms with Gasteiger partial charge in [0.15, 0.2) is 0 Å². The largest absolute Gasteiger partial charge is 0.350 e. The average Bonchev–Trinajstić information content (AvgIpc) is 2.98. The van der Waals surface area contributed by atoms with Gasteiger partial charge in [-0.1, -0.05) is 6.92 Å². The van der Waals surface area contributed by atoms with Crippen LogP contribution in [0, 0.1) is 0 Å². The average molecular weight is 363 g/mol. The summed E-state index contributed by atoms with van der Waals surface area (Å²) >= 11 is 1.39. The van der Waals surface area contributed by atoms with Gasteiger partial charge in [0.05, 0.1) is 6.20 Å². The number of halogens is 2. The molecule has 0 saturated carbocycles. The molecule has 2 aromatic heterocycles. The van der Waals surface area contributed by atoms with Gasteiger partial charge in [-0.3, -0.25) is 9.78 Å². The number of aromatic nitrogens is 2. The number of hydrogen-bond donors (Lipinski definition) is 2. The predicted molar refractivity (Wildman–Crippen MR) is 95.3 cm³/mol. The van der Waals surface area contributed by atoms with Crippen LogP contribution in [0.25, 0.3) is 10.6 Å². The van der Waals surface area contributed by atoms with E-state index < -0.39 is 0 Å². The molecule has 122 valence electrons. The maximum atomic E-state index is 11.9. The van der Waals surface area contributed by atoms with Gasteiger partial charge in [0.2, 0.25) is 0 Å². The quantitative estimate of drug-likeness (QED) is 0.743. The molecule has 0 aliphatic carbocycles. The van der Waals surface area contributed by atoms with Crippen molar-refractivity contribution in [2.45, 2.75) is 13.3 Å². The summed E-state index contributed by atoms with van der Waals surface area (Å²) in [4.78, 5) is 20.8. The van der Waals surface area contributed by atoms with Crippen LogP contribution in [-0.4, -0.2) is 35.5 Å². The molecular formula is C14H20Cl2N4OS. The first-order valence-electron chi connectivity index (χ1n) is 6.66. The van der Waals surface area contributed by atoms with E-state index >= 15 is 0 Å². The fraction of sp³-hybridized carbons (Fsp3) is 0.357. The van der Waals surface area contributed by atoms with E-state index in [-0.39, 0.29) is 30.7 Å². The fourth-order valence-electron chi connectivity index (χ4n) is 1.66. The summed E-state index contributed by atoms with van der Waals surface area (Å²) in [5, 5.41) is 6.95. The van der Waals surface area contributed by atoms with E-state index in [1.807, 2.05) is 12.1 Å². The first kappa shape index (κ1) is 20.8. The third kappa shape index (κ3) is 6.27. The molecule has 22 heavy (non-hydrogen) atoms. The molecule has 2 aromatic rings. The maximum absolute atomic E-state index is 11.9. The van der Waals surface area contributed by atoms with Crippen LogP contribution in [0.2, 0.25) is 0 Å². The highest BCUT2D eigenvalue weighted by Gasteiger charge is 2.10. The molecule has 8 heteroatoms. The highest BCUT2D eigenvalue weighted by Crippen LogP contribution is 2.24. The van der Waals surface area contributed by atoms with E-state index in [9.17, 15) is 4.79 Å². The Morgan fingerprint density at radius 2 is 1.91 bits per heavy atom. The van der Waals surface area contributed by atoms with Crippen molar-refractivity contribution in [1.29, 1.82) is 0 Å². The summed E-state index contributed by atoms with van der Waals surface area (Å²) in [5.74, 6) is -0.0684. The third-order valence-corrected chi connectivity index (χ3v) is 3.72. The maximum Gasteiger partial charge on any atom is 0.263 e. The first-order valence-corrected chi connectivity index (χ1v) is 7.48. The Kier molecular flexibility index (Phi) is 10.7. The minimum absolute atomic E-state index is 0. The number of nitrogens with one attached hydrogen (secondary N) is 2. The monoisotopic (exact) mass is 362 g/mol. The van der Waals surface area contributed by atoms with Gasteiger partial charge in [0.25, 0.3) is 5.91 Å². The number of nitrogens with zero attached hydrogens (tertiary/aromatic N) is 2. The molecule has 0 bridgehead atoms. The Labute approximate surface area is 146 Å². The van der Waals surface area contributed by atoms with Crippen LogP contribution in [0.15, 0.2) is 30.7 Å². The van der Waals surface area contributed by atoms with E-state index in [4.69, 9.17) is 0 Å². The van der Waals surface area contributed by atoms with Crippen LogP contribution in [0.1, 0.15) is 23.0 Å². The fourth-order valence-corrected chi connectivity index (χ4v) is 2.50. The Morgan fingerprint density at radius 1 is 1.18 bits per heavy atom. The number of hydrogen-bond acceptors (Lipinski definition) is 5. The second-order valence-electron chi connectivity index (χ2n) is 4.27. The lowest BCUT2D eigenvalue weighted by atomic mass is 10.3. The van der Waals surface area contributed by atoms with E-state index in [0.29, 0.717) is 11.4 Å². The normalized spacial score (nSPS) is 9.50. The lowest BCUT2D eigenvalue weighted by Crippen LogP contribution is -2.31. The van der Waals surface area contributed by atoms with Gasteiger partial charge >= 0.3 is 0 Å². The van der Waals surface area contributed by atoms with Gasteiger partial charge in [0.1, 0.15) is 9.88 Å². The highest BCUT2D eigenvalue weighted by molar-refractivity contribution is 7.16. The molecule has 2 heterocycles. The van der Waals surface area contributed by atoms with Crippen LogP contribution < -0.4 is 10.6 Å². The van der Waals surface area contributed by atoms with Crippen LogP contribution >= 0.6 is 36.2 Å². The minimum Gasteiger partial charge on any atom is -0.350 e. The Bertz CT molecular complexity index is 551. The number of amides is 1. The summed E-state index contributed by atoms with van der Waals surface area (Å²) < 4.78 is 0. The summed E-state index contributed by atoms with van der Waals surface area (Å²) in [6.07, 6.45) is 6.15. The van der Waals surface area contributed by atoms with Gasteiger partial charge in [-0.25, -0.2) is 4.98 Å². The summed E-state index contributed by atoms with van der Waals surface area (Å²) in [7, 11) is 0. The molecule has 2 rings (SSSR count). The van der Waals surface area contributed by atoms with Crippen LogP contribution in [0.5, 0.6) is 0 Å². The number of carbonyl (C=O) groups is 1. The highest BCUT2D eigenvalue weighted by atomic mass is 35.5. The first-order chi connectivity index (χ1) is 9.81. The molecule has 5 nitrogen and oxygen atoms in total. The van der Waals surface area contributed by atoms with E-state index in [1.54, 1.807) is 18.6 Å². The van der Waals surface area contributed by atoms with Crippen LogP contribution in [0.4, 0.5) is 0 Å². The second kappa shape index (κ2) is 11.4. The van der Waals surface area contributed by atoms with Crippen molar-refractivity contribution in [3.8, 4) is 10.6 Å². The predicted octanol–water partition coefficient (Wildman–Crippen LogP) is 2.78. The molecule has 0 aliphatic heterocycles. The molecule has 1 amide bonds. The molecular weight excluding hydrogens is 343 g/mol. The Hall–Kier alpha value is -1.21. The zero-order valence-corrected chi connectivity index (χ0v) is 14.7. The van der Waals surface area contributed by atoms with Crippen molar-refractivity contribution in [1.82, 2.24) is 20.6 Å². The molecule has 0 aliphatic rings. The minimum atomic E-state index is -0.0684. The van der Waals surface area contributed by atoms with Gasteiger partial charge in [-0.05, 0) is 25.1 Å². The van der Waals surface area contributed by atoms with Crippen molar-refractivity contribution in [3.63, 3.8) is 0 Å². The lowest BCUT2D eigenvalue weighted by Gasteiger charge is -2.04. The van der Waals surface area contributed by atoms with Crippen molar-refractivity contribution in [2.75, 3.05) is 19.6 Å². The smallest absolute Gasteiger partial charge is 0.263 e. The van der Waals surface area contributed by atoms with Gasteiger partial charge in [-0.15, -0.1) is 36.2 Å². The van der Waals surface area contributed by atoms with Crippen molar-refractivity contribution < 1.29 is 4.79 Å². The van der Waals surface area contributed by atoms with Crippen molar-refractivity contribution >= 4 is 42.1 Å². The Morgan fingerprint density at radius 3 is 2.59 bits per heavy atom. The van der Waals surface area contributed by atoms with Crippen molar-refractivity contribution in [2.24, 2.45) is 0 Å². The molecule has 0 atom stereocenters. The van der Waals surface area contributed by atoms with E-state index in [0.717, 1.165) is 30.1 Å². The molecule has 0 radical (unpaired) electrons. The molecule has 0 saturated heterocycles. The van der Waals surface area contributed by atoms with Gasteiger partial charge in [-0.2, -0.15) is 0 Å². The molecule has 0 aromatic carbocycles. The Balaban J connectivity index is 0.00000220. The number of carbonyl (C=O) groups excluding carboxylic acids is 1. The number of pyridine rings is 1. The van der Waals surface area contributed by atoms with Crippen LogP contribution in [0.3, 0.4) is 0 Å².